The minimum absolute atomic E-state index is 0.165. The average molecular weight is 426 g/mol. The lowest BCUT2D eigenvalue weighted by atomic mass is 10.2. The number of ether oxygens (including phenoxy) is 3. The standard InChI is InChI=1S/C21H22N4O6/c1-29-16-9-15(10-17(12-16)30-2)24-20(13-23-5-7-31-8-6-23)22-19-4-3-14(25(27)28)11-18(19)21(24)26/h3-4,9-12H,5-8,13H2,1-2H3. The SMILES string of the molecule is COc1cc(OC)cc(-n2c(CN3CCOCC3)nc3ccc([N+](=O)[O-])cc3c2=O)c1. The Bertz CT molecular complexity index is 1160. The third kappa shape index (κ3) is 4.21. The van der Waals surface area contributed by atoms with Crippen molar-refractivity contribution in [1.29, 1.82) is 0 Å². The van der Waals surface area contributed by atoms with Crippen LogP contribution < -0.4 is 15.0 Å². The van der Waals surface area contributed by atoms with Gasteiger partial charge in [-0.2, -0.15) is 0 Å². The van der Waals surface area contributed by atoms with Gasteiger partial charge in [-0.05, 0) is 6.07 Å². The molecule has 2 heterocycles. The zero-order valence-electron chi connectivity index (χ0n) is 17.2. The molecule has 2 aromatic carbocycles. The predicted octanol–water partition coefficient (Wildman–Crippen LogP) is 2.14. The van der Waals surface area contributed by atoms with Crippen LogP contribution in [0.25, 0.3) is 16.6 Å². The van der Waals surface area contributed by atoms with Gasteiger partial charge in [-0.15, -0.1) is 0 Å². The van der Waals surface area contributed by atoms with Crippen LogP contribution in [0.2, 0.25) is 0 Å². The number of nitro groups is 1. The average Bonchev–Trinajstić information content (AvgIpc) is 2.79. The molecule has 1 saturated heterocycles. The van der Waals surface area contributed by atoms with Crippen LogP contribution in [-0.2, 0) is 11.3 Å². The molecule has 0 bridgehead atoms. The summed E-state index contributed by atoms with van der Waals surface area (Å²) in [7, 11) is 3.05. The number of methoxy groups -OCH3 is 2. The molecular formula is C21H22N4O6. The first-order valence-corrected chi connectivity index (χ1v) is 9.74. The van der Waals surface area contributed by atoms with Gasteiger partial charge in [0.1, 0.15) is 17.3 Å². The van der Waals surface area contributed by atoms with Crippen LogP contribution in [0.3, 0.4) is 0 Å². The van der Waals surface area contributed by atoms with Gasteiger partial charge in [0.25, 0.3) is 11.2 Å². The molecule has 0 radical (unpaired) electrons. The summed E-state index contributed by atoms with van der Waals surface area (Å²) in [6.07, 6.45) is 0. The fourth-order valence-electron chi connectivity index (χ4n) is 3.59. The zero-order valence-corrected chi connectivity index (χ0v) is 17.2. The maximum atomic E-state index is 13.5. The summed E-state index contributed by atoms with van der Waals surface area (Å²) in [4.78, 5) is 31.1. The Labute approximate surface area is 177 Å². The first kappa shape index (κ1) is 20.8. The Morgan fingerprint density at radius 1 is 1.10 bits per heavy atom. The van der Waals surface area contributed by atoms with Crippen LogP contribution in [-0.4, -0.2) is 59.9 Å². The van der Waals surface area contributed by atoms with E-state index in [1.165, 1.54) is 37.0 Å². The number of nitrogens with zero attached hydrogens (tertiary/aromatic N) is 4. The summed E-state index contributed by atoms with van der Waals surface area (Å²) < 4.78 is 17.6. The van der Waals surface area contributed by atoms with E-state index in [2.05, 4.69) is 4.90 Å². The lowest BCUT2D eigenvalue weighted by Gasteiger charge is -2.27. The smallest absolute Gasteiger partial charge is 0.270 e. The molecule has 162 valence electrons. The molecule has 31 heavy (non-hydrogen) atoms. The quantitative estimate of drug-likeness (QED) is 0.436. The predicted molar refractivity (Wildman–Crippen MR) is 113 cm³/mol. The van der Waals surface area contributed by atoms with Crippen LogP contribution in [0.15, 0.2) is 41.2 Å². The molecule has 1 aliphatic rings. The van der Waals surface area contributed by atoms with Gasteiger partial charge in [0.2, 0.25) is 0 Å². The van der Waals surface area contributed by atoms with E-state index in [4.69, 9.17) is 19.2 Å². The topological polar surface area (TPSA) is 109 Å². The molecule has 1 aromatic heterocycles. The molecule has 0 aliphatic carbocycles. The summed E-state index contributed by atoms with van der Waals surface area (Å²) in [5.41, 5.74) is 0.352. The molecule has 4 rings (SSSR count). The van der Waals surface area contributed by atoms with E-state index in [1.807, 2.05) is 0 Å². The molecule has 0 spiro atoms. The number of nitro benzene ring substituents is 1. The second-order valence-electron chi connectivity index (χ2n) is 7.09. The van der Waals surface area contributed by atoms with Crippen molar-refractivity contribution in [3.63, 3.8) is 0 Å². The summed E-state index contributed by atoms with van der Waals surface area (Å²) >= 11 is 0. The number of hydrogen-bond acceptors (Lipinski definition) is 8. The lowest BCUT2D eigenvalue weighted by Crippen LogP contribution is -2.38. The zero-order chi connectivity index (χ0) is 22.0. The van der Waals surface area contributed by atoms with Crippen LogP contribution in [0.4, 0.5) is 5.69 Å². The third-order valence-corrected chi connectivity index (χ3v) is 5.20. The van der Waals surface area contributed by atoms with Gasteiger partial charge in [-0.3, -0.25) is 24.4 Å². The van der Waals surface area contributed by atoms with Crippen molar-refractivity contribution in [1.82, 2.24) is 14.5 Å². The number of aromatic nitrogens is 2. The molecule has 1 aliphatic heterocycles. The van der Waals surface area contributed by atoms with Gasteiger partial charge in [0.05, 0.1) is 55.5 Å². The third-order valence-electron chi connectivity index (χ3n) is 5.20. The summed E-state index contributed by atoms with van der Waals surface area (Å²) in [6, 6.07) is 9.24. The molecule has 0 atom stereocenters. The Morgan fingerprint density at radius 2 is 1.77 bits per heavy atom. The highest BCUT2D eigenvalue weighted by atomic mass is 16.6. The molecule has 0 N–H and O–H groups in total. The number of non-ortho nitro benzene ring substituents is 1. The second-order valence-corrected chi connectivity index (χ2v) is 7.09. The highest BCUT2D eigenvalue weighted by Gasteiger charge is 2.20. The Balaban J connectivity index is 1.95. The minimum atomic E-state index is -0.528. The summed E-state index contributed by atoms with van der Waals surface area (Å²) in [5.74, 6) is 1.54. The minimum Gasteiger partial charge on any atom is -0.497 e. The lowest BCUT2D eigenvalue weighted by molar-refractivity contribution is -0.384. The van der Waals surface area contributed by atoms with E-state index in [0.29, 0.717) is 48.3 Å². The molecule has 10 heteroatoms. The van der Waals surface area contributed by atoms with Crippen LogP contribution in [0.1, 0.15) is 5.82 Å². The first-order chi connectivity index (χ1) is 15.0. The van der Waals surface area contributed by atoms with Crippen molar-refractivity contribution in [2.75, 3.05) is 40.5 Å². The van der Waals surface area contributed by atoms with E-state index in [-0.39, 0.29) is 11.1 Å². The molecule has 0 unspecified atom stereocenters. The largest absolute Gasteiger partial charge is 0.497 e. The monoisotopic (exact) mass is 426 g/mol. The van der Waals surface area contributed by atoms with Gasteiger partial charge in [0.15, 0.2) is 0 Å². The maximum Gasteiger partial charge on any atom is 0.270 e. The highest BCUT2D eigenvalue weighted by Crippen LogP contribution is 2.26. The fourth-order valence-corrected chi connectivity index (χ4v) is 3.59. The van der Waals surface area contributed by atoms with Gasteiger partial charge in [-0.1, -0.05) is 0 Å². The van der Waals surface area contributed by atoms with E-state index < -0.39 is 10.5 Å². The van der Waals surface area contributed by atoms with E-state index >= 15 is 0 Å². The molecule has 1 fully saturated rings. The number of benzene rings is 2. The highest BCUT2D eigenvalue weighted by molar-refractivity contribution is 5.80. The first-order valence-electron chi connectivity index (χ1n) is 9.74. The number of fused-ring (bicyclic) bond motifs is 1. The van der Waals surface area contributed by atoms with Crippen molar-refractivity contribution < 1.29 is 19.1 Å². The normalized spacial score (nSPS) is 14.5. The molecular weight excluding hydrogens is 404 g/mol. The Morgan fingerprint density at radius 3 is 2.39 bits per heavy atom. The fraction of sp³-hybridized carbons (Fsp3) is 0.333. The number of hydrogen-bond donors (Lipinski definition) is 0. The van der Waals surface area contributed by atoms with E-state index in [0.717, 1.165) is 13.1 Å². The van der Waals surface area contributed by atoms with Gasteiger partial charge in [0, 0.05) is 43.4 Å². The Hall–Kier alpha value is -3.50. The van der Waals surface area contributed by atoms with Crippen LogP contribution in [0, 0.1) is 10.1 Å². The summed E-state index contributed by atoms with van der Waals surface area (Å²) in [6.45, 7) is 3.07. The maximum absolute atomic E-state index is 13.5. The van der Waals surface area contributed by atoms with Crippen molar-refractivity contribution in [3.05, 3.63) is 62.7 Å². The number of morpholine rings is 1. The van der Waals surface area contributed by atoms with Crippen molar-refractivity contribution >= 4 is 16.6 Å². The van der Waals surface area contributed by atoms with Gasteiger partial charge < -0.3 is 14.2 Å². The summed E-state index contributed by atoms with van der Waals surface area (Å²) in [5, 5.41) is 11.4. The molecule has 10 nitrogen and oxygen atoms in total. The second kappa shape index (κ2) is 8.70. The van der Waals surface area contributed by atoms with Gasteiger partial charge in [-0.25, -0.2) is 4.98 Å². The van der Waals surface area contributed by atoms with Crippen LogP contribution in [0.5, 0.6) is 11.5 Å². The van der Waals surface area contributed by atoms with E-state index in [1.54, 1.807) is 18.2 Å². The Kier molecular flexibility index (Phi) is 5.83. The molecule has 3 aromatic rings. The van der Waals surface area contributed by atoms with Crippen molar-refractivity contribution in [2.24, 2.45) is 0 Å². The van der Waals surface area contributed by atoms with Crippen molar-refractivity contribution in [2.45, 2.75) is 6.54 Å². The number of rotatable bonds is 6. The van der Waals surface area contributed by atoms with Crippen LogP contribution >= 0.6 is 0 Å². The van der Waals surface area contributed by atoms with E-state index in [9.17, 15) is 14.9 Å². The van der Waals surface area contributed by atoms with Gasteiger partial charge >= 0.3 is 0 Å². The van der Waals surface area contributed by atoms with Crippen molar-refractivity contribution in [3.8, 4) is 17.2 Å². The molecule has 0 amide bonds. The molecule has 0 saturated carbocycles.